The third-order valence-electron chi connectivity index (χ3n) is 3.28. The van der Waals surface area contributed by atoms with E-state index in [4.69, 9.17) is 4.42 Å². The molecule has 2 heterocycles. The summed E-state index contributed by atoms with van der Waals surface area (Å²) < 4.78 is 51.1. The second kappa shape index (κ2) is 7.46. The number of hydrogen-bond donors (Lipinski definition) is 2. The summed E-state index contributed by atoms with van der Waals surface area (Å²) in [6.45, 7) is 2.66. The van der Waals surface area contributed by atoms with Crippen LogP contribution in [0.4, 0.5) is 19.0 Å². The predicted octanol–water partition coefficient (Wildman–Crippen LogP) is 2.65. The summed E-state index contributed by atoms with van der Waals surface area (Å²) in [4.78, 5) is 28.1. The molecule has 1 atom stereocenters. The van der Waals surface area contributed by atoms with Crippen molar-refractivity contribution in [2.24, 2.45) is 0 Å². The van der Waals surface area contributed by atoms with Crippen molar-refractivity contribution in [3.8, 4) is 0 Å². The number of furan rings is 1. The van der Waals surface area contributed by atoms with Crippen molar-refractivity contribution in [3.05, 3.63) is 48.0 Å². The third-order valence-corrected chi connectivity index (χ3v) is 3.28. The van der Waals surface area contributed by atoms with Gasteiger partial charge >= 0.3 is 17.8 Å². The van der Waals surface area contributed by atoms with Gasteiger partial charge in [-0.2, -0.15) is 13.2 Å². The lowest BCUT2D eigenvalue weighted by Crippen LogP contribution is -2.69. The van der Waals surface area contributed by atoms with Crippen molar-refractivity contribution < 1.29 is 31.9 Å². The molecule has 7 nitrogen and oxygen atoms in total. The number of carbonyl (C=O) groups is 2. The van der Waals surface area contributed by atoms with E-state index in [0.29, 0.717) is 5.56 Å². The maximum Gasteiger partial charge on any atom is 0.441 e. The van der Waals surface area contributed by atoms with Crippen LogP contribution in [-0.2, 0) is 9.53 Å². The highest BCUT2D eigenvalue weighted by Crippen LogP contribution is 2.33. The molecule has 0 spiro atoms. The molecule has 26 heavy (non-hydrogen) atoms. The fourth-order valence-electron chi connectivity index (χ4n) is 2.07. The molecule has 2 rings (SSSR count). The number of aromatic nitrogens is 1. The van der Waals surface area contributed by atoms with Crippen LogP contribution in [0.2, 0.25) is 0 Å². The van der Waals surface area contributed by atoms with Crippen LogP contribution < -0.4 is 10.6 Å². The normalized spacial score (nSPS) is 13.6. The molecule has 0 aromatic carbocycles. The van der Waals surface area contributed by atoms with Crippen molar-refractivity contribution in [2.75, 3.05) is 11.9 Å². The van der Waals surface area contributed by atoms with Crippen LogP contribution >= 0.6 is 0 Å². The van der Waals surface area contributed by atoms with Crippen molar-refractivity contribution >= 4 is 17.7 Å². The number of ether oxygens (including phenoxy) is 1. The van der Waals surface area contributed by atoms with Gasteiger partial charge in [-0.25, -0.2) is 9.78 Å². The summed E-state index contributed by atoms with van der Waals surface area (Å²) >= 11 is 0. The molecular weight excluding hydrogens is 355 g/mol. The molecule has 0 saturated carbocycles. The lowest BCUT2D eigenvalue weighted by Gasteiger charge is -2.34. The van der Waals surface area contributed by atoms with Gasteiger partial charge in [0.1, 0.15) is 5.82 Å². The van der Waals surface area contributed by atoms with Crippen LogP contribution in [0.5, 0.6) is 0 Å². The Morgan fingerprint density at radius 1 is 1.31 bits per heavy atom. The number of amides is 1. The summed E-state index contributed by atoms with van der Waals surface area (Å²) in [7, 11) is 0. The molecule has 0 saturated heterocycles. The smallest absolute Gasteiger partial charge is 0.441 e. The fraction of sp³-hybridized carbons (Fsp3) is 0.312. The molecule has 0 aliphatic rings. The maximum absolute atomic E-state index is 13.9. The topological polar surface area (TPSA) is 93.5 Å². The number of aryl methyl sites for hydroxylation is 1. The number of carbonyl (C=O) groups excluding carboxylic acids is 2. The first-order chi connectivity index (χ1) is 12.2. The van der Waals surface area contributed by atoms with Gasteiger partial charge in [-0.1, -0.05) is 0 Å². The summed E-state index contributed by atoms with van der Waals surface area (Å²) in [5.41, 5.74) is -2.95. The van der Waals surface area contributed by atoms with E-state index < -0.39 is 29.5 Å². The Hall–Kier alpha value is -3.04. The highest BCUT2D eigenvalue weighted by Gasteiger charge is 2.64. The molecule has 2 aromatic rings. The molecule has 0 unspecified atom stereocenters. The standard InChI is InChI=1S/C16H16F3N3O4/c1-3-25-14(24)15(16(17,18)19,21-12-9-10(2)6-7-20-12)22-13(23)11-5-4-8-26-11/h4-9H,3H2,1-2H3,(H,20,21)(H,22,23)/t15-/m1/s1. The van der Waals surface area contributed by atoms with E-state index >= 15 is 0 Å². The molecule has 0 bridgehead atoms. The second-order valence-electron chi connectivity index (χ2n) is 5.24. The predicted molar refractivity (Wildman–Crippen MR) is 84.2 cm³/mol. The first-order valence-electron chi connectivity index (χ1n) is 7.50. The Balaban J connectivity index is 2.49. The van der Waals surface area contributed by atoms with Gasteiger partial charge in [-0.05, 0) is 43.7 Å². The quantitative estimate of drug-likeness (QED) is 0.599. The van der Waals surface area contributed by atoms with Crippen LogP contribution in [0.3, 0.4) is 0 Å². The first kappa shape index (κ1) is 19.3. The molecule has 0 radical (unpaired) electrons. The van der Waals surface area contributed by atoms with Gasteiger partial charge in [-0.15, -0.1) is 0 Å². The highest BCUT2D eigenvalue weighted by atomic mass is 19.4. The maximum atomic E-state index is 13.9. The van der Waals surface area contributed by atoms with Gasteiger partial charge in [0.25, 0.3) is 5.91 Å². The Morgan fingerprint density at radius 2 is 2.04 bits per heavy atom. The average molecular weight is 371 g/mol. The number of alkyl halides is 3. The Kier molecular flexibility index (Phi) is 5.53. The minimum absolute atomic E-state index is 0.268. The van der Waals surface area contributed by atoms with E-state index in [0.717, 1.165) is 12.3 Å². The van der Waals surface area contributed by atoms with Gasteiger partial charge < -0.3 is 19.8 Å². The lowest BCUT2D eigenvalue weighted by molar-refractivity contribution is -0.204. The molecule has 140 valence electrons. The number of nitrogens with one attached hydrogen (secondary N) is 2. The van der Waals surface area contributed by atoms with Gasteiger partial charge in [-0.3, -0.25) is 4.79 Å². The van der Waals surface area contributed by atoms with Crippen molar-refractivity contribution in [2.45, 2.75) is 25.7 Å². The number of pyridine rings is 1. The van der Waals surface area contributed by atoms with Crippen LogP contribution in [0, 0.1) is 6.92 Å². The van der Waals surface area contributed by atoms with Crippen LogP contribution in [0.1, 0.15) is 23.0 Å². The van der Waals surface area contributed by atoms with Crippen LogP contribution in [0.25, 0.3) is 0 Å². The van der Waals surface area contributed by atoms with Gasteiger partial charge in [0.15, 0.2) is 5.76 Å². The van der Waals surface area contributed by atoms with Crippen molar-refractivity contribution in [1.82, 2.24) is 10.3 Å². The van der Waals surface area contributed by atoms with Crippen LogP contribution in [0.15, 0.2) is 41.1 Å². The van der Waals surface area contributed by atoms with Crippen molar-refractivity contribution in [1.29, 1.82) is 0 Å². The fourth-order valence-corrected chi connectivity index (χ4v) is 2.07. The van der Waals surface area contributed by atoms with E-state index in [1.165, 1.54) is 25.3 Å². The highest BCUT2D eigenvalue weighted by molar-refractivity contribution is 5.97. The minimum atomic E-state index is -5.24. The molecule has 2 aromatic heterocycles. The van der Waals surface area contributed by atoms with E-state index in [1.807, 2.05) is 5.32 Å². The number of nitrogens with zero attached hydrogens (tertiary/aromatic N) is 1. The van der Waals surface area contributed by atoms with E-state index in [9.17, 15) is 22.8 Å². The van der Waals surface area contributed by atoms with E-state index in [2.05, 4.69) is 9.72 Å². The summed E-state index contributed by atoms with van der Waals surface area (Å²) in [5.74, 6) is -3.65. The zero-order chi connectivity index (χ0) is 19.4. The van der Waals surface area contributed by atoms with Gasteiger partial charge in [0.2, 0.25) is 0 Å². The van der Waals surface area contributed by atoms with Gasteiger partial charge in [0.05, 0.1) is 12.9 Å². The third kappa shape index (κ3) is 3.95. The number of esters is 1. The first-order valence-corrected chi connectivity index (χ1v) is 7.50. The van der Waals surface area contributed by atoms with E-state index in [-0.39, 0.29) is 12.4 Å². The van der Waals surface area contributed by atoms with Gasteiger partial charge in [0, 0.05) is 6.20 Å². The number of anilines is 1. The molecular formula is C16H16F3N3O4. The molecule has 10 heteroatoms. The number of hydrogen-bond acceptors (Lipinski definition) is 6. The molecule has 1 amide bonds. The second-order valence-corrected chi connectivity index (χ2v) is 5.24. The molecule has 0 fully saturated rings. The van der Waals surface area contributed by atoms with Crippen LogP contribution in [-0.4, -0.2) is 35.3 Å². The SMILES string of the molecule is CCOC(=O)[C@](NC(=O)c1ccco1)(Nc1cc(C)ccn1)C(F)(F)F. The Labute approximate surface area is 146 Å². The summed E-state index contributed by atoms with van der Waals surface area (Å²) in [6, 6.07) is 5.33. The Bertz CT molecular complexity index is 777. The molecule has 0 aliphatic heterocycles. The molecule has 2 N–H and O–H groups in total. The largest absolute Gasteiger partial charge is 0.463 e. The Morgan fingerprint density at radius 3 is 2.58 bits per heavy atom. The minimum Gasteiger partial charge on any atom is -0.463 e. The lowest BCUT2D eigenvalue weighted by atomic mass is 10.1. The summed E-state index contributed by atoms with van der Waals surface area (Å²) in [5, 5.41) is 3.61. The average Bonchev–Trinajstić information content (AvgIpc) is 3.07. The zero-order valence-electron chi connectivity index (χ0n) is 13.9. The monoisotopic (exact) mass is 371 g/mol. The number of rotatable bonds is 6. The summed E-state index contributed by atoms with van der Waals surface area (Å²) in [6.07, 6.45) is -2.87. The van der Waals surface area contributed by atoms with E-state index in [1.54, 1.807) is 18.3 Å². The van der Waals surface area contributed by atoms with Crippen molar-refractivity contribution in [3.63, 3.8) is 0 Å². The number of halogens is 3. The zero-order valence-corrected chi connectivity index (χ0v) is 13.9. The molecule has 0 aliphatic carbocycles.